The van der Waals surface area contributed by atoms with E-state index in [4.69, 9.17) is 21.4 Å². The molecule has 4 rings (SSSR count). The third-order valence-corrected chi connectivity index (χ3v) is 4.98. The number of aromatic nitrogens is 2. The highest BCUT2D eigenvalue weighted by Crippen LogP contribution is 2.27. The van der Waals surface area contributed by atoms with Gasteiger partial charge in [0.25, 0.3) is 5.91 Å². The van der Waals surface area contributed by atoms with Crippen molar-refractivity contribution in [3.8, 4) is 22.7 Å². The first-order valence-corrected chi connectivity index (χ1v) is 10.0. The minimum absolute atomic E-state index is 0.323. The van der Waals surface area contributed by atoms with Gasteiger partial charge in [0.05, 0.1) is 24.0 Å². The van der Waals surface area contributed by atoms with E-state index in [2.05, 4.69) is 10.9 Å². The molecular weight excluding hydrogens is 412 g/mol. The molecule has 1 amide bonds. The highest BCUT2D eigenvalue weighted by atomic mass is 35.5. The number of nitrogens with one attached hydrogen (secondary N) is 2. The monoisotopic (exact) mass is 432 g/mol. The van der Waals surface area contributed by atoms with Gasteiger partial charge in [-0.1, -0.05) is 47.5 Å². The Bertz CT molecular complexity index is 1220. The van der Waals surface area contributed by atoms with Gasteiger partial charge in [-0.15, -0.1) is 0 Å². The van der Waals surface area contributed by atoms with Crippen LogP contribution < -0.4 is 15.6 Å². The lowest BCUT2D eigenvalue weighted by Gasteiger charge is -2.09. The van der Waals surface area contributed by atoms with Crippen molar-refractivity contribution in [2.75, 3.05) is 12.5 Å². The minimum Gasteiger partial charge on any atom is -0.497 e. The maximum Gasteiger partial charge on any atom is 0.273 e. The molecule has 0 unspecified atom stereocenters. The van der Waals surface area contributed by atoms with Gasteiger partial charge in [0.15, 0.2) is 0 Å². The van der Waals surface area contributed by atoms with Gasteiger partial charge in [-0.2, -0.15) is 5.10 Å². The van der Waals surface area contributed by atoms with Crippen molar-refractivity contribution in [2.24, 2.45) is 0 Å². The number of hydrogen-bond donors (Lipinski definition) is 2. The standard InChI is InChI=1S/C24H21ClN4O2/c1-16-9-11-20(12-10-16)29-15-22(23(28-29)17-5-3-8-21(13-17)31-2)24(30)27-26-19-7-4-6-18(25)14-19/h3-15,26H,1-2H3,(H,27,30). The molecule has 0 radical (unpaired) electrons. The van der Waals surface area contributed by atoms with Gasteiger partial charge in [-0.3, -0.25) is 15.6 Å². The van der Waals surface area contributed by atoms with Crippen LogP contribution in [0.1, 0.15) is 15.9 Å². The van der Waals surface area contributed by atoms with E-state index in [0.717, 1.165) is 16.8 Å². The molecule has 0 aliphatic heterocycles. The molecule has 0 aliphatic rings. The molecule has 4 aromatic rings. The number of hydrazine groups is 1. The van der Waals surface area contributed by atoms with Crippen molar-refractivity contribution in [1.82, 2.24) is 15.2 Å². The molecule has 3 aromatic carbocycles. The number of methoxy groups -OCH3 is 1. The zero-order valence-corrected chi connectivity index (χ0v) is 17.9. The third-order valence-electron chi connectivity index (χ3n) is 4.75. The lowest BCUT2D eigenvalue weighted by molar-refractivity contribution is 0.0963. The molecule has 0 fully saturated rings. The zero-order valence-electron chi connectivity index (χ0n) is 17.1. The second kappa shape index (κ2) is 8.93. The van der Waals surface area contributed by atoms with E-state index in [1.54, 1.807) is 36.2 Å². The number of hydrogen-bond acceptors (Lipinski definition) is 4. The lowest BCUT2D eigenvalue weighted by Crippen LogP contribution is -2.29. The predicted molar refractivity (Wildman–Crippen MR) is 123 cm³/mol. The summed E-state index contributed by atoms with van der Waals surface area (Å²) in [5.74, 6) is 0.363. The summed E-state index contributed by atoms with van der Waals surface area (Å²) in [6.45, 7) is 2.02. The Labute approximate surface area is 185 Å². The normalized spacial score (nSPS) is 10.5. The molecule has 0 saturated carbocycles. The number of benzene rings is 3. The van der Waals surface area contributed by atoms with Crippen LogP contribution >= 0.6 is 11.6 Å². The summed E-state index contributed by atoms with van der Waals surface area (Å²) >= 11 is 6.02. The molecule has 0 spiro atoms. The van der Waals surface area contributed by atoms with Crippen LogP contribution in [0.2, 0.25) is 5.02 Å². The van der Waals surface area contributed by atoms with Crippen molar-refractivity contribution in [3.63, 3.8) is 0 Å². The Kier molecular flexibility index (Phi) is 5.91. The number of rotatable bonds is 6. The number of halogens is 1. The molecule has 7 heteroatoms. The van der Waals surface area contributed by atoms with Crippen LogP contribution in [-0.2, 0) is 0 Å². The molecule has 0 saturated heterocycles. The first-order valence-electron chi connectivity index (χ1n) is 9.66. The first kappa shape index (κ1) is 20.5. The van der Waals surface area contributed by atoms with Crippen molar-refractivity contribution in [3.05, 3.63) is 95.1 Å². The van der Waals surface area contributed by atoms with Gasteiger partial charge in [0.1, 0.15) is 11.4 Å². The summed E-state index contributed by atoms with van der Waals surface area (Å²) in [5.41, 5.74) is 10.0. The maximum absolute atomic E-state index is 13.1. The van der Waals surface area contributed by atoms with Gasteiger partial charge < -0.3 is 4.74 Å². The van der Waals surface area contributed by atoms with Crippen molar-refractivity contribution < 1.29 is 9.53 Å². The van der Waals surface area contributed by atoms with E-state index < -0.39 is 0 Å². The molecule has 156 valence electrons. The summed E-state index contributed by atoms with van der Waals surface area (Å²) in [6.07, 6.45) is 1.72. The van der Waals surface area contributed by atoms with E-state index in [1.807, 2.05) is 61.5 Å². The fourth-order valence-corrected chi connectivity index (χ4v) is 3.31. The molecule has 1 aromatic heterocycles. The molecule has 2 N–H and O–H groups in total. The summed E-state index contributed by atoms with van der Waals surface area (Å²) in [5, 5.41) is 5.27. The summed E-state index contributed by atoms with van der Waals surface area (Å²) < 4.78 is 7.03. The van der Waals surface area contributed by atoms with Gasteiger partial charge in [-0.05, 0) is 49.4 Å². The largest absolute Gasteiger partial charge is 0.497 e. The Morgan fingerprint density at radius 3 is 2.55 bits per heavy atom. The highest BCUT2D eigenvalue weighted by Gasteiger charge is 2.19. The van der Waals surface area contributed by atoms with Gasteiger partial charge in [-0.25, -0.2) is 4.68 Å². The van der Waals surface area contributed by atoms with Crippen LogP contribution in [0.3, 0.4) is 0 Å². The molecule has 6 nitrogen and oxygen atoms in total. The number of anilines is 1. The number of amides is 1. The molecule has 31 heavy (non-hydrogen) atoms. The summed E-state index contributed by atoms with van der Waals surface area (Å²) in [6, 6.07) is 22.5. The van der Waals surface area contributed by atoms with E-state index in [1.165, 1.54) is 0 Å². The predicted octanol–water partition coefficient (Wildman–Crippen LogP) is 5.27. The number of aryl methyl sites for hydroxylation is 1. The Balaban J connectivity index is 1.70. The zero-order chi connectivity index (χ0) is 21.8. The average molecular weight is 433 g/mol. The maximum atomic E-state index is 13.1. The van der Waals surface area contributed by atoms with Crippen LogP contribution in [0, 0.1) is 6.92 Å². The highest BCUT2D eigenvalue weighted by molar-refractivity contribution is 6.30. The molecular formula is C24H21ClN4O2. The molecule has 0 aliphatic carbocycles. The van der Waals surface area contributed by atoms with E-state index in [9.17, 15) is 4.79 Å². The van der Waals surface area contributed by atoms with Crippen LogP contribution in [0.25, 0.3) is 16.9 Å². The minimum atomic E-state index is -0.323. The second-order valence-electron chi connectivity index (χ2n) is 6.99. The fourth-order valence-electron chi connectivity index (χ4n) is 3.12. The average Bonchev–Trinajstić information content (AvgIpc) is 3.24. The van der Waals surface area contributed by atoms with Crippen LogP contribution in [0.5, 0.6) is 5.75 Å². The van der Waals surface area contributed by atoms with Gasteiger partial charge in [0, 0.05) is 16.8 Å². The lowest BCUT2D eigenvalue weighted by atomic mass is 10.1. The Morgan fingerprint density at radius 2 is 1.81 bits per heavy atom. The summed E-state index contributed by atoms with van der Waals surface area (Å²) in [7, 11) is 1.60. The van der Waals surface area contributed by atoms with Crippen LogP contribution in [0.15, 0.2) is 79.0 Å². The quantitative estimate of drug-likeness (QED) is 0.407. The summed E-state index contributed by atoms with van der Waals surface area (Å²) in [4.78, 5) is 13.1. The van der Waals surface area contributed by atoms with Crippen molar-refractivity contribution in [2.45, 2.75) is 6.92 Å². The van der Waals surface area contributed by atoms with E-state index >= 15 is 0 Å². The van der Waals surface area contributed by atoms with Gasteiger partial charge in [0.2, 0.25) is 0 Å². The second-order valence-corrected chi connectivity index (χ2v) is 7.43. The molecule has 0 bridgehead atoms. The van der Waals surface area contributed by atoms with E-state index in [-0.39, 0.29) is 5.91 Å². The van der Waals surface area contributed by atoms with Gasteiger partial charge >= 0.3 is 0 Å². The van der Waals surface area contributed by atoms with Crippen LogP contribution in [0.4, 0.5) is 5.69 Å². The first-order chi connectivity index (χ1) is 15.0. The number of carbonyl (C=O) groups excluding carboxylic acids is 1. The van der Waals surface area contributed by atoms with E-state index in [0.29, 0.717) is 27.7 Å². The SMILES string of the molecule is COc1cccc(-c2nn(-c3ccc(C)cc3)cc2C(=O)NNc2cccc(Cl)c2)c1. The van der Waals surface area contributed by atoms with Crippen LogP contribution in [-0.4, -0.2) is 22.8 Å². The third kappa shape index (κ3) is 4.70. The van der Waals surface area contributed by atoms with Crippen molar-refractivity contribution >= 4 is 23.2 Å². The molecule has 1 heterocycles. The number of ether oxygens (including phenoxy) is 1. The fraction of sp³-hybridized carbons (Fsp3) is 0.0833. The topological polar surface area (TPSA) is 68.2 Å². The van der Waals surface area contributed by atoms with Crippen molar-refractivity contribution in [1.29, 1.82) is 0 Å². The number of carbonyl (C=O) groups is 1. The Morgan fingerprint density at radius 1 is 1.03 bits per heavy atom. The number of nitrogens with zero attached hydrogens (tertiary/aromatic N) is 2. The smallest absolute Gasteiger partial charge is 0.273 e. The Hall–Kier alpha value is -3.77. The molecule has 0 atom stereocenters.